The van der Waals surface area contributed by atoms with Crippen LogP contribution in [0.15, 0.2) is 42.5 Å². The van der Waals surface area contributed by atoms with E-state index in [-0.39, 0.29) is 23.8 Å². The molecule has 1 saturated carbocycles. The van der Waals surface area contributed by atoms with Crippen LogP contribution in [0.1, 0.15) is 74.8 Å². The van der Waals surface area contributed by atoms with Gasteiger partial charge in [0.05, 0.1) is 6.04 Å². The van der Waals surface area contributed by atoms with Crippen molar-refractivity contribution in [1.82, 2.24) is 10.2 Å². The molecule has 0 saturated heterocycles. The maximum Gasteiger partial charge on any atom is 0.260 e. The van der Waals surface area contributed by atoms with Crippen LogP contribution in [0.2, 0.25) is 0 Å². The van der Waals surface area contributed by atoms with E-state index in [9.17, 15) is 9.59 Å². The quantitative estimate of drug-likeness (QED) is 0.615. The number of aryl methyl sites for hydroxylation is 1. The van der Waals surface area contributed by atoms with E-state index in [1.54, 1.807) is 6.92 Å². The number of fused-ring (bicyclic) bond motifs is 1. The minimum absolute atomic E-state index is 0.111. The third kappa shape index (κ3) is 5.45. The van der Waals surface area contributed by atoms with Gasteiger partial charge in [-0.1, -0.05) is 62.6 Å². The smallest absolute Gasteiger partial charge is 0.260 e. The molecule has 2 aliphatic rings. The van der Waals surface area contributed by atoms with Crippen molar-refractivity contribution >= 4 is 11.8 Å². The van der Waals surface area contributed by atoms with Gasteiger partial charge in [0, 0.05) is 19.0 Å². The van der Waals surface area contributed by atoms with Crippen LogP contribution in [-0.2, 0) is 16.0 Å². The van der Waals surface area contributed by atoms with Crippen molar-refractivity contribution in [2.24, 2.45) is 11.8 Å². The lowest BCUT2D eigenvalue weighted by molar-refractivity contribution is -0.137. The van der Waals surface area contributed by atoms with E-state index in [1.165, 1.54) is 11.1 Å². The van der Waals surface area contributed by atoms with Crippen LogP contribution in [0.3, 0.4) is 0 Å². The number of benzene rings is 2. The Labute approximate surface area is 203 Å². The average Bonchev–Trinajstić information content (AvgIpc) is 3.36. The number of hydrogen-bond acceptors (Lipinski definition) is 3. The Bertz CT molecular complexity index is 1030. The molecule has 182 valence electrons. The maximum absolute atomic E-state index is 13.6. The van der Waals surface area contributed by atoms with Crippen molar-refractivity contribution in [3.05, 3.63) is 64.7 Å². The van der Waals surface area contributed by atoms with Gasteiger partial charge in [-0.15, -0.1) is 0 Å². The zero-order valence-electron chi connectivity index (χ0n) is 21.0. The summed E-state index contributed by atoms with van der Waals surface area (Å²) in [6, 6.07) is 14.4. The van der Waals surface area contributed by atoms with Crippen LogP contribution in [0.5, 0.6) is 5.75 Å². The molecule has 1 fully saturated rings. The standard InChI is InChI=1S/C29H38N2O3/c1-19(2)18-30-28(32)21(4)34-25-13-12-22-14-15-31(29(33)23-9-5-6-10-23)27(26(22)17-25)24-11-7-8-20(3)16-24/h7-8,11-13,16-17,19,21,23,27H,5-6,9-10,14-15,18H2,1-4H3,(H,30,32)/t21-,27-/m1/s1. The van der Waals surface area contributed by atoms with Crippen molar-refractivity contribution in [2.75, 3.05) is 13.1 Å². The van der Waals surface area contributed by atoms with Crippen LogP contribution < -0.4 is 10.1 Å². The fourth-order valence-corrected chi connectivity index (χ4v) is 5.22. The lowest BCUT2D eigenvalue weighted by Crippen LogP contribution is -2.43. The molecule has 5 nitrogen and oxygen atoms in total. The third-order valence-electron chi connectivity index (χ3n) is 7.06. The molecule has 1 aliphatic heterocycles. The second kappa shape index (κ2) is 10.6. The molecule has 1 heterocycles. The Balaban J connectivity index is 1.64. The van der Waals surface area contributed by atoms with Crippen LogP contribution >= 0.6 is 0 Å². The predicted octanol–water partition coefficient (Wildman–Crippen LogP) is 5.20. The van der Waals surface area contributed by atoms with E-state index in [1.807, 2.05) is 12.1 Å². The van der Waals surface area contributed by atoms with E-state index >= 15 is 0 Å². The van der Waals surface area contributed by atoms with E-state index < -0.39 is 6.10 Å². The highest BCUT2D eigenvalue weighted by Gasteiger charge is 2.36. The molecule has 2 aromatic rings. The fourth-order valence-electron chi connectivity index (χ4n) is 5.22. The fraction of sp³-hybridized carbons (Fsp3) is 0.517. The van der Waals surface area contributed by atoms with Gasteiger partial charge >= 0.3 is 0 Å². The Morgan fingerprint density at radius 2 is 1.85 bits per heavy atom. The molecule has 2 amide bonds. The predicted molar refractivity (Wildman–Crippen MR) is 135 cm³/mol. The minimum atomic E-state index is -0.589. The molecular formula is C29H38N2O3. The van der Waals surface area contributed by atoms with Gasteiger partial charge in [-0.3, -0.25) is 9.59 Å². The van der Waals surface area contributed by atoms with Crippen LogP contribution in [0, 0.1) is 18.8 Å². The SMILES string of the molecule is Cc1cccc([C@@H]2c3cc(O[C@H](C)C(=O)NCC(C)C)ccc3CCN2C(=O)C2CCCC2)c1. The lowest BCUT2D eigenvalue weighted by atomic mass is 9.86. The van der Waals surface area contributed by atoms with E-state index in [2.05, 4.69) is 61.3 Å². The van der Waals surface area contributed by atoms with Crippen molar-refractivity contribution in [3.63, 3.8) is 0 Å². The van der Waals surface area contributed by atoms with Crippen molar-refractivity contribution in [3.8, 4) is 5.75 Å². The van der Waals surface area contributed by atoms with Gasteiger partial charge in [-0.25, -0.2) is 0 Å². The van der Waals surface area contributed by atoms with Gasteiger partial charge in [0.25, 0.3) is 5.91 Å². The largest absolute Gasteiger partial charge is 0.481 e. The number of carbonyl (C=O) groups excluding carboxylic acids is 2. The zero-order chi connectivity index (χ0) is 24.2. The van der Waals surface area contributed by atoms with Gasteiger partial charge in [0.1, 0.15) is 5.75 Å². The molecule has 0 spiro atoms. The number of carbonyl (C=O) groups is 2. The Hall–Kier alpha value is -2.82. The molecule has 5 heteroatoms. The first-order valence-corrected chi connectivity index (χ1v) is 12.8. The number of rotatable bonds is 7. The number of amides is 2. The molecule has 1 aliphatic carbocycles. The molecule has 1 N–H and O–H groups in total. The summed E-state index contributed by atoms with van der Waals surface area (Å²) in [5, 5.41) is 2.94. The molecule has 4 rings (SSSR count). The second-order valence-corrected chi connectivity index (χ2v) is 10.3. The van der Waals surface area contributed by atoms with Gasteiger partial charge in [-0.2, -0.15) is 0 Å². The monoisotopic (exact) mass is 462 g/mol. The second-order valence-electron chi connectivity index (χ2n) is 10.3. The summed E-state index contributed by atoms with van der Waals surface area (Å²) < 4.78 is 6.06. The van der Waals surface area contributed by atoms with Gasteiger partial charge in [-0.05, 0) is 67.9 Å². The highest BCUT2D eigenvalue weighted by molar-refractivity contribution is 5.81. The average molecular weight is 463 g/mol. The summed E-state index contributed by atoms with van der Waals surface area (Å²) in [6.07, 6.45) is 4.52. The molecule has 34 heavy (non-hydrogen) atoms. The van der Waals surface area contributed by atoms with Crippen molar-refractivity contribution < 1.29 is 14.3 Å². The first-order valence-electron chi connectivity index (χ1n) is 12.8. The summed E-state index contributed by atoms with van der Waals surface area (Å²) in [4.78, 5) is 28.2. The molecule has 0 radical (unpaired) electrons. The number of nitrogens with zero attached hydrogens (tertiary/aromatic N) is 1. The Morgan fingerprint density at radius 3 is 2.56 bits per heavy atom. The molecule has 0 aromatic heterocycles. The first-order chi connectivity index (χ1) is 16.3. The Kier molecular flexibility index (Phi) is 7.60. The minimum Gasteiger partial charge on any atom is -0.481 e. The zero-order valence-corrected chi connectivity index (χ0v) is 21.0. The van der Waals surface area contributed by atoms with E-state index in [0.29, 0.717) is 18.2 Å². The van der Waals surface area contributed by atoms with Gasteiger partial charge < -0.3 is 15.0 Å². The summed E-state index contributed by atoms with van der Waals surface area (Å²) in [6.45, 7) is 9.37. The van der Waals surface area contributed by atoms with Crippen LogP contribution in [0.25, 0.3) is 0 Å². The molecule has 2 aromatic carbocycles. The summed E-state index contributed by atoms with van der Waals surface area (Å²) in [5.41, 5.74) is 4.66. The highest BCUT2D eigenvalue weighted by Crippen LogP contribution is 2.40. The maximum atomic E-state index is 13.6. The molecular weight excluding hydrogens is 424 g/mol. The third-order valence-corrected chi connectivity index (χ3v) is 7.06. The van der Waals surface area contributed by atoms with Crippen molar-refractivity contribution in [2.45, 2.75) is 71.9 Å². The number of ether oxygens (including phenoxy) is 1. The van der Waals surface area contributed by atoms with Crippen molar-refractivity contribution in [1.29, 1.82) is 0 Å². The normalized spacial score (nSPS) is 19.1. The molecule has 0 unspecified atom stereocenters. The number of nitrogens with one attached hydrogen (secondary N) is 1. The first kappa shape index (κ1) is 24.3. The van der Waals surface area contributed by atoms with E-state index in [4.69, 9.17) is 4.74 Å². The van der Waals surface area contributed by atoms with Gasteiger partial charge in [0.2, 0.25) is 5.91 Å². The van der Waals surface area contributed by atoms with E-state index in [0.717, 1.165) is 49.8 Å². The lowest BCUT2D eigenvalue weighted by Gasteiger charge is -2.39. The summed E-state index contributed by atoms with van der Waals surface area (Å²) in [5.74, 6) is 1.36. The summed E-state index contributed by atoms with van der Waals surface area (Å²) >= 11 is 0. The summed E-state index contributed by atoms with van der Waals surface area (Å²) in [7, 11) is 0. The van der Waals surface area contributed by atoms with Gasteiger partial charge in [0.15, 0.2) is 6.10 Å². The molecule has 0 bridgehead atoms. The highest BCUT2D eigenvalue weighted by atomic mass is 16.5. The topological polar surface area (TPSA) is 58.6 Å². The Morgan fingerprint density at radius 1 is 1.09 bits per heavy atom. The van der Waals surface area contributed by atoms with Crippen LogP contribution in [-0.4, -0.2) is 35.9 Å². The molecule has 2 atom stereocenters. The van der Waals surface area contributed by atoms with Crippen LogP contribution in [0.4, 0.5) is 0 Å². The number of hydrogen-bond donors (Lipinski definition) is 1.